The Bertz CT molecular complexity index is 714. The van der Waals surface area contributed by atoms with Crippen molar-refractivity contribution in [1.29, 1.82) is 0 Å². The normalized spacial score (nSPS) is 21.4. The molecule has 2 heterocycles. The number of hydrogen-bond donors (Lipinski definition) is 1. The van der Waals surface area contributed by atoms with Gasteiger partial charge < -0.3 is 15.1 Å². The third-order valence-electron chi connectivity index (χ3n) is 5.10. The molecule has 6 heteroatoms. The average molecular weight is 343 g/mol. The highest BCUT2D eigenvalue weighted by atomic mass is 16.2. The zero-order chi connectivity index (χ0) is 18.2. The molecule has 134 valence electrons. The second kappa shape index (κ2) is 6.50. The fraction of sp³-hybridized carbons (Fsp3) is 0.526. The van der Waals surface area contributed by atoms with Gasteiger partial charge in [-0.1, -0.05) is 38.1 Å². The highest BCUT2D eigenvalue weighted by Gasteiger charge is 2.43. The molecule has 1 N–H and O–H groups in total. The van der Waals surface area contributed by atoms with Crippen molar-refractivity contribution in [2.75, 3.05) is 26.2 Å². The van der Waals surface area contributed by atoms with Crippen molar-refractivity contribution >= 4 is 17.7 Å². The predicted octanol–water partition coefficient (Wildman–Crippen LogP) is 1.22. The van der Waals surface area contributed by atoms with E-state index in [2.05, 4.69) is 31.3 Å². The van der Waals surface area contributed by atoms with Crippen molar-refractivity contribution in [1.82, 2.24) is 15.1 Å². The van der Waals surface area contributed by atoms with Gasteiger partial charge in [-0.3, -0.25) is 14.4 Å². The summed E-state index contributed by atoms with van der Waals surface area (Å²) in [5, 5.41) is 2.63. The molecular formula is C19H25N3O3. The molecule has 2 aliphatic heterocycles. The van der Waals surface area contributed by atoms with Crippen LogP contribution in [0, 0.1) is 0 Å². The molecule has 0 saturated carbocycles. The smallest absolute Gasteiger partial charge is 0.242 e. The molecule has 0 bridgehead atoms. The van der Waals surface area contributed by atoms with Crippen LogP contribution in [-0.4, -0.2) is 53.7 Å². The maximum Gasteiger partial charge on any atom is 0.242 e. The zero-order valence-electron chi connectivity index (χ0n) is 15.0. The quantitative estimate of drug-likeness (QED) is 0.897. The van der Waals surface area contributed by atoms with Gasteiger partial charge in [0, 0.05) is 38.4 Å². The Hall–Kier alpha value is -2.37. The minimum atomic E-state index is -0.155. The third-order valence-corrected chi connectivity index (χ3v) is 5.10. The molecule has 2 aliphatic rings. The summed E-state index contributed by atoms with van der Waals surface area (Å²) in [4.78, 5) is 39.6. The molecule has 3 rings (SSSR count). The van der Waals surface area contributed by atoms with Gasteiger partial charge in [0.15, 0.2) is 0 Å². The second-order valence-electron chi connectivity index (χ2n) is 7.52. The maximum absolute atomic E-state index is 12.7. The van der Waals surface area contributed by atoms with Gasteiger partial charge in [0.2, 0.25) is 17.7 Å². The topological polar surface area (TPSA) is 69.7 Å². The molecule has 0 spiro atoms. The van der Waals surface area contributed by atoms with Crippen LogP contribution in [0.4, 0.5) is 0 Å². The summed E-state index contributed by atoms with van der Waals surface area (Å²) in [5.41, 5.74) is 2.28. The van der Waals surface area contributed by atoms with Crippen LogP contribution in [0.1, 0.15) is 44.4 Å². The summed E-state index contributed by atoms with van der Waals surface area (Å²) in [6, 6.07) is 8.11. The SMILES string of the molecule is CC(=O)NCCC(=O)N1CC(=O)N2CC(C)(C)c3ccccc3C2C1. The van der Waals surface area contributed by atoms with Gasteiger partial charge in [-0.2, -0.15) is 0 Å². The number of amides is 3. The van der Waals surface area contributed by atoms with E-state index in [1.54, 1.807) is 4.90 Å². The molecule has 1 atom stereocenters. The number of nitrogens with one attached hydrogen (secondary N) is 1. The van der Waals surface area contributed by atoms with E-state index in [-0.39, 0.29) is 42.1 Å². The highest BCUT2D eigenvalue weighted by Crippen LogP contribution is 2.41. The Morgan fingerprint density at radius 2 is 2.00 bits per heavy atom. The molecule has 1 aromatic rings. The van der Waals surface area contributed by atoms with Crippen molar-refractivity contribution in [3.05, 3.63) is 35.4 Å². The second-order valence-corrected chi connectivity index (χ2v) is 7.52. The highest BCUT2D eigenvalue weighted by molar-refractivity contribution is 5.87. The van der Waals surface area contributed by atoms with Gasteiger partial charge in [-0.15, -0.1) is 0 Å². The Morgan fingerprint density at radius 3 is 2.72 bits per heavy atom. The largest absolute Gasteiger partial charge is 0.356 e. The van der Waals surface area contributed by atoms with E-state index >= 15 is 0 Å². The van der Waals surface area contributed by atoms with Gasteiger partial charge in [0.1, 0.15) is 0 Å². The average Bonchev–Trinajstić information content (AvgIpc) is 2.55. The van der Waals surface area contributed by atoms with Crippen LogP contribution < -0.4 is 5.32 Å². The molecule has 25 heavy (non-hydrogen) atoms. The number of fused-ring (bicyclic) bond motifs is 3. The maximum atomic E-state index is 12.7. The summed E-state index contributed by atoms with van der Waals surface area (Å²) in [6.07, 6.45) is 0.215. The first-order chi connectivity index (χ1) is 11.8. The lowest BCUT2D eigenvalue weighted by atomic mass is 9.75. The summed E-state index contributed by atoms with van der Waals surface area (Å²) >= 11 is 0. The Morgan fingerprint density at radius 1 is 1.28 bits per heavy atom. The molecule has 1 saturated heterocycles. The lowest BCUT2D eigenvalue weighted by Crippen LogP contribution is -2.58. The van der Waals surface area contributed by atoms with E-state index < -0.39 is 0 Å². The van der Waals surface area contributed by atoms with E-state index in [1.807, 2.05) is 17.0 Å². The van der Waals surface area contributed by atoms with Crippen LogP contribution in [0.5, 0.6) is 0 Å². The van der Waals surface area contributed by atoms with E-state index in [0.717, 1.165) is 5.56 Å². The molecule has 1 aromatic carbocycles. The van der Waals surface area contributed by atoms with E-state index in [4.69, 9.17) is 0 Å². The van der Waals surface area contributed by atoms with Crippen molar-refractivity contribution in [3.63, 3.8) is 0 Å². The van der Waals surface area contributed by atoms with E-state index in [1.165, 1.54) is 12.5 Å². The van der Waals surface area contributed by atoms with Gasteiger partial charge in [-0.05, 0) is 11.1 Å². The standard InChI is InChI=1S/C19H25N3O3/c1-13(23)20-9-8-17(24)21-10-16-14-6-4-5-7-15(14)19(2,3)12-22(16)18(25)11-21/h4-7,16H,8-12H2,1-3H3,(H,20,23). The fourth-order valence-electron chi connectivity index (χ4n) is 3.87. The molecular weight excluding hydrogens is 318 g/mol. The molecule has 0 radical (unpaired) electrons. The van der Waals surface area contributed by atoms with Crippen LogP contribution in [0.2, 0.25) is 0 Å². The number of nitrogens with zero attached hydrogens (tertiary/aromatic N) is 2. The van der Waals surface area contributed by atoms with Crippen molar-refractivity contribution < 1.29 is 14.4 Å². The number of carbonyl (C=O) groups excluding carboxylic acids is 3. The summed E-state index contributed by atoms with van der Waals surface area (Å²) < 4.78 is 0. The molecule has 6 nitrogen and oxygen atoms in total. The Labute approximate surface area is 148 Å². The van der Waals surface area contributed by atoms with Crippen LogP contribution >= 0.6 is 0 Å². The van der Waals surface area contributed by atoms with E-state index in [0.29, 0.717) is 19.6 Å². The number of carbonyl (C=O) groups is 3. The van der Waals surface area contributed by atoms with Gasteiger partial charge in [0.25, 0.3) is 0 Å². The first-order valence-corrected chi connectivity index (χ1v) is 8.70. The van der Waals surface area contributed by atoms with Crippen molar-refractivity contribution in [3.8, 4) is 0 Å². The molecule has 1 unspecified atom stereocenters. The predicted molar refractivity (Wildman–Crippen MR) is 93.8 cm³/mol. The fourth-order valence-corrected chi connectivity index (χ4v) is 3.87. The first kappa shape index (κ1) is 17.5. The number of benzene rings is 1. The Balaban J connectivity index is 1.80. The minimum Gasteiger partial charge on any atom is -0.356 e. The van der Waals surface area contributed by atoms with Crippen molar-refractivity contribution in [2.24, 2.45) is 0 Å². The van der Waals surface area contributed by atoms with Gasteiger partial charge >= 0.3 is 0 Å². The van der Waals surface area contributed by atoms with Gasteiger partial charge in [0.05, 0.1) is 12.6 Å². The molecule has 3 amide bonds. The minimum absolute atomic E-state index is 0.00768. The Kier molecular flexibility index (Phi) is 4.54. The lowest BCUT2D eigenvalue weighted by molar-refractivity contribution is -0.150. The molecule has 0 aliphatic carbocycles. The first-order valence-electron chi connectivity index (χ1n) is 8.70. The number of rotatable bonds is 3. The lowest BCUT2D eigenvalue weighted by Gasteiger charge is -2.49. The summed E-state index contributed by atoms with van der Waals surface area (Å²) in [7, 11) is 0. The van der Waals surface area contributed by atoms with Crippen LogP contribution in [0.3, 0.4) is 0 Å². The van der Waals surface area contributed by atoms with Crippen LogP contribution in [-0.2, 0) is 19.8 Å². The van der Waals surface area contributed by atoms with Crippen LogP contribution in [0.25, 0.3) is 0 Å². The number of hydrogen-bond acceptors (Lipinski definition) is 3. The van der Waals surface area contributed by atoms with Crippen molar-refractivity contribution in [2.45, 2.75) is 38.6 Å². The molecule has 1 fully saturated rings. The van der Waals surface area contributed by atoms with Crippen LogP contribution in [0.15, 0.2) is 24.3 Å². The third kappa shape index (κ3) is 3.38. The summed E-state index contributed by atoms with van der Waals surface area (Å²) in [6.45, 7) is 7.33. The zero-order valence-corrected chi connectivity index (χ0v) is 15.0. The van der Waals surface area contributed by atoms with E-state index in [9.17, 15) is 14.4 Å². The molecule has 0 aromatic heterocycles. The van der Waals surface area contributed by atoms with Gasteiger partial charge in [-0.25, -0.2) is 0 Å². The summed E-state index contributed by atoms with van der Waals surface area (Å²) in [5.74, 6) is -0.257. The monoisotopic (exact) mass is 343 g/mol. The number of piperazine rings is 1.